The number of fused-ring (bicyclic) bond motifs is 1. The van der Waals surface area contributed by atoms with Gasteiger partial charge in [-0.1, -0.05) is 56.3 Å². The molecule has 156 valence electrons. The lowest BCUT2D eigenvalue weighted by molar-refractivity contribution is 0.0622. The number of benzene rings is 2. The highest BCUT2D eigenvalue weighted by Crippen LogP contribution is 2.18. The second-order valence-corrected chi connectivity index (χ2v) is 8.29. The van der Waals surface area contributed by atoms with Crippen LogP contribution in [-0.4, -0.2) is 51.7 Å². The van der Waals surface area contributed by atoms with Crippen molar-refractivity contribution in [3.63, 3.8) is 0 Å². The number of amides is 1. The summed E-state index contributed by atoms with van der Waals surface area (Å²) in [5.41, 5.74) is 2.82. The number of carbonyl (C=O) groups excluding carboxylic acids is 1. The second-order valence-electron chi connectivity index (χ2n) is 8.29. The van der Waals surface area contributed by atoms with E-state index >= 15 is 0 Å². The number of rotatable bonds is 4. The Balaban J connectivity index is 1.44. The van der Waals surface area contributed by atoms with Crippen LogP contribution in [0.3, 0.4) is 0 Å². The molecule has 3 aromatic rings. The number of piperazine rings is 1. The van der Waals surface area contributed by atoms with Crippen LogP contribution in [0.4, 0.5) is 0 Å². The Morgan fingerprint density at radius 3 is 2.23 bits per heavy atom. The fourth-order valence-electron chi connectivity index (χ4n) is 3.98. The SMILES string of the molecule is CC(C)c1ccc(CN2CCN(C(=O)c3nn(C)c(=O)c4ccccc34)CC2)cc1. The van der Waals surface area contributed by atoms with Crippen molar-refractivity contribution < 1.29 is 4.79 Å². The zero-order valence-electron chi connectivity index (χ0n) is 17.8. The zero-order valence-corrected chi connectivity index (χ0v) is 17.8. The molecule has 1 aliphatic rings. The molecule has 4 rings (SSSR count). The minimum absolute atomic E-state index is 0.109. The summed E-state index contributed by atoms with van der Waals surface area (Å²) in [7, 11) is 1.59. The third kappa shape index (κ3) is 4.00. The molecule has 1 aromatic heterocycles. The van der Waals surface area contributed by atoms with Gasteiger partial charge >= 0.3 is 0 Å². The minimum Gasteiger partial charge on any atom is -0.335 e. The second kappa shape index (κ2) is 8.40. The van der Waals surface area contributed by atoms with Crippen LogP contribution in [0.25, 0.3) is 10.8 Å². The summed E-state index contributed by atoms with van der Waals surface area (Å²) in [6, 6.07) is 16.0. The van der Waals surface area contributed by atoms with E-state index in [0.29, 0.717) is 35.5 Å². The van der Waals surface area contributed by atoms with E-state index in [2.05, 4.69) is 48.1 Å². The van der Waals surface area contributed by atoms with E-state index in [1.165, 1.54) is 15.8 Å². The summed E-state index contributed by atoms with van der Waals surface area (Å²) >= 11 is 0. The van der Waals surface area contributed by atoms with E-state index < -0.39 is 0 Å². The van der Waals surface area contributed by atoms with Gasteiger partial charge in [-0.25, -0.2) is 4.68 Å². The fraction of sp³-hybridized carbons (Fsp3) is 0.375. The average molecular weight is 405 g/mol. The molecule has 0 spiro atoms. The molecule has 0 unspecified atom stereocenters. The Kier molecular flexibility index (Phi) is 5.68. The normalized spacial score (nSPS) is 15.1. The molecule has 0 saturated carbocycles. The topological polar surface area (TPSA) is 58.4 Å². The molecule has 1 fully saturated rings. The molecule has 30 heavy (non-hydrogen) atoms. The smallest absolute Gasteiger partial charge is 0.275 e. The van der Waals surface area contributed by atoms with Crippen molar-refractivity contribution in [3.8, 4) is 0 Å². The van der Waals surface area contributed by atoms with Crippen LogP contribution in [-0.2, 0) is 13.6 Å². The fourth-order valence-corrected chi connectivity index (χ4v) is 3.98. The predicted molar refractivity (Wildman–Crippen MR) is 119 cm³/mol. The van der Waals surface area contributed by atoms with Crippen molar-refractivity contribution in [1.82, 2.24) is 19.6 Å². The van der Waals surface area contributed by atoms with Gasteiger partial charge in [0.15, 0.2) is 5.69 Å². The molecule has 0 N–H and O–H groups in total. The highest BCUT2D eigenvalue weighted by Gasteiger charge is 2.25. The van der Waals surface area contributed by atoms with Crippen LogP contribution in [0, 0.1) is 0 Å². The van der Waals surface area contributed by atoms with Gasteiger partial charge in [0.25, 0.3) is 11.5 Å². The van der Waals surface area contributed by atoms with E-state index in [1.807, 2.05) is 17.0 Å². The summed E-state index contributed by atoms with van der Waals surface area (Å²) in [6.45, 7) is 8.25. The number of hydrogen-bond acceptors (Lipinski definition) is 4. The first-order chi connectivity index (χ1) is 14.4. The summed E-state index contributed by atoms with van der Waals surface area (Å²) in [5, 5.41) is 5.44. The zero-order chi connectivity index (χ0) is 21.3. The first-order valence-corrected chi connectivity index (χ1v) is 10.5. The van der Waals surface area contributed by atoms with Gasteiger partial charge in [-0.2, -0.15) is 5.10 Å². The lowest BCUT2D eigenvalue weighted by atomic mass is 10.0. The van der Waals surface area contributed by atoms with Crippen molar-refractivity contribution in [2.45, 2.75) is 26.3 Å². The Morgan fingerprint density at radius 1 is 0.967 bits per heavy atom. The quantitative estimate of drug-likeness (QED) is 0.671. The van der Waals surface area contributed by atoms with Crippen LogP contribution in [0.1, 0.15) is 41.4 Å². The molecular formula is C24H28N4O2. The Morgan fingerprint density at radius 2 is 1.60 bits per heavy atom. The number of carbonyl (C=O) groups is 1. The molecule has 2 aromatic carbocycles. The third-order valence-electron chi connectivity index (χ3n) is 5.87. The first-order valence-electron chi connectivity index (χ1n) is 10.5. The molecule has 1 aliphatic heterocycles. The average Bonchev–Trinajstić information content (AvgIpc) is 2.77. The molecule has 2 heterocycles. The summed E-state index contributed by atoms with van der Waals surface area (Å²) in [5.74, 6) is 0.429. The van der Waals surface area contributed by atoms with Crippen LogP contribution in [0.15, 0.2) is 53.3 Å². The van der Waals surface area contributed by atoms with Crippen LogP contribution in [0.5, 0.6) is 0 Å². The maximum absolute atomic E-state index is 13.2. The summed E-state index contributed by atoms with van der Waals surface area (Å²) < 4.78 is 1.26. The molecule has 0 aliphatic carbocycles. The van der Waals surface area contributed by atoms with Gasteiger partial charge in [0.1, 0.15) is 0 Å². The first kappa shape index (κ1) is 20.3. The molecule has 0 radical (unpaired) electrons. The molecule has 1 amide bonds. The maximum Gasteiger partial charge on any atom is 0.275 e. The Bertz CT molecular complexity index is 1110. The van der Waals surface area contributed by atoms with Gasteiger partial charge in [-0.3, -0.25) is 14.5 Å². The lowest BCUT2D eigenvalue weighted by Crippen LogP contribution is -2.48. The monoisotopic (exact) mass is 404 g/mol. The maximum atomic E-state index is 13.2. The number of nitrogens with zero attached hydrogens (tertiary/aromatic N) is 4. The van der Waals surface area contributed by atoms with Crippen LogP contribution >= 0.6 is 0 Å². The minimum atomic E-state index is -0.185. The van der Waals surface area contributed by atoms with Crippen LogP contribution in [0.2, 0.25) is 0 Å². The highest BCUT2D eigenvalue weighted by molar-refractivity contribution is 6.04. The molecule has 0 bridgehead atoms. The number of aromatic nitrogens is 2. The molecular weight excluding hydrogens is 376 g/mol. The van der Waals surface area contributed by atoms with E-state index in [-0.39, 0.29) is 11.5 Å². The number of aryl methyl sites for hydroxylation is 1. The van der Waals surface area contributed by atoms with Gasteiger partial charge in [0.2, 0.25) is 0 Å². The molecule has 6 heteroatoms. The van der Waals surface area contributed by atoms with Crippen molar-refractivity contribution in [2.75, 3.05) is 26.2 Å². The standard InChI is InChI=1S/C24H28N4O2/c1-17(2)19-10-8-18(9-11-19)16-27-12-14-28(15-13-27)24(30)22-20-6-4-5-7-21(20)23(29)26(3)25-22/h4-11,17H,12-16H2,1-3H3. The predicted octanol–water partition coefficient (Wildman–Crippen LogP) is 3.01. The van der Waals surface area contributed by atoms with Gasteiger partial charge in [-0.15, -0.1) is 0 Å². The van der Waals surface area contributed by atoms with E-state index in [0.717, 1.165) is 19.6 Å². The van der Waals surface area contributed by atoms with E-state index in [9.17, 15) is 9.59 Å². The number of hydrogen-bond donors (Lipinski definition) is 0. The van der Waals surface area contributed by atoms with E-state index in [1.54, 1.807) is 19.2 Å². The van der Waals surface area contributed by atoms with Crippen LogP contribution < -0.4 is 5.56 Å². The molecule has 0 atom stereocenters. The molecule has 6 nitrogen and oxygen atoms in total. The largest absolute Gasteiger partial charge is 0.335 e. The summed E-state index contributed by atoms with van der Waals surface area (Å²) in [6.07, 6.45) is 0. The van der Waals surface area contributed by atoms with Crippen molar-refractivity contribution in [1.29, 1.82) is 0 Å². The van der Waals surface area contributed by atoms with E-state index in [4.69, 9.17) is 0 Å². The van der Waals surface area contributed by atoms with Gasteiger partial charge in [-0.05, 0) is 23.1 Å². The lowest BCUT2D eigenvalue weighted by Gasteiger charge is -2.34. The van der Waals surface area contributed by atoms with Crippen molar-refractivity contribution in [2.24, 2.45) is 7.05 Å². The summed E-state index contributed by atoms with van der Waals surface area (Å²) in [4.78, 5) is 29.7. The highest BCUT2D eigenvalue weighted by atomic mass is 16.2. The third-order valence-corrected chi connectivity index (χ3v) is 5.87. The van der Waals surface area contributed by atoms with Gasteiger partial charge in [0.05, 0.1) is 5.39 Å². The van der Waals surface area contributed by atoms with Gasteiger partial charge < -0.3 is 4.90 Å². The van der Waals surface area contributed by atoms with Gasteiger partial charge in [0, 0.05) is 45.2 Å². The molecule has 1 saturated heterocycles. The Labute approximate surface area is 176 Å². The van der Waals surface area contributed by atoms with Crippen molar-refractivity contribution in [3.05, 3.63) is 75.7 Å². The van der Waals surface area contributed by atoms with Crippen molar-refractivity contribution >= 4 is 16.7 Å². The Hall–Kier alpha value is -2.99.